The van der Waals surface area contributed by atoms with E-state index in [1.165, 1.54) is 0 Å². The van der Waals surface area contributed by atoms with Gasteiger partial charge < -0.3 is 4.74 Å². The predicted octanol–water partition coefficient (Wildman–Crippen LogP) is 3.95. The molecule has 0 spiro atoms. The van der Waals surface area contributed by atoms with Crippen LogP contribution in [-0.2, 0) is 11.8 Å². The zero-order chi connectivity index (χ0) is 10.6. The summed E-state index contributed by atoms with van der Waals surface area (Å²) in [6, 6.07) is 5.88. The molecule has 0 fully saturated rings. The van der Waals surface area contributed by atoms with E-state index in [0.717, 1.165) is 16.9 Å². The highest BCUT2D eigenvalue weighted by Crippen LogP contribution is 2.24. The molecule has 0 saturated heterocycles. The molecule has 0 unspecified atom stereocenters. The SMILES string of the molecule is CC(C)Oc1cc(CCl)ccc1CCl. The van der Waals surface area contributed by atoms with E-state index in [1.807, 2.05) is 32.0 Å². The number of alkyl halides is 2. The fourth-order valence-corrected chi connectivity index (χ4v) is 1.54. The summed E-state index contributed by atoms with van der Waals surface area (Å²) >= 11 is 11.5. The number of rotatable bonds is 4. The summed E-state index contributed by atoms with van der Waals surface area (Å²) in [4.78, 5) is 0. The van der Waals surface area contributed by atoms with Gasteiger partial charge in [0.2, 0.25) is 0 Å². The second-order valence-corrected chi connectivity index (χ2v) is 3.91. The zero-order valence-corrected chi connectivity index (χ0v) is 9.90. The molecule has 0 aliphatic carbocycles. The van der Waals surface area contributed by atoms with E-state index >= 15 is 0 Å². The van der Waals surface area contributed by atoms with E-state index in [9.17, 15) is 0 Å². The first-order valence-electron chi connectivity index (χ1n) is 4.57. The quantitative estimate of drug-likeness (QED) is 0.715. The Morgan fingerprint density at radius 1 is 1.21 bits per heavy atom. The molecule has 1 aromatic rings. The van der Waals surface area contributed by atoms with Crippen LogP contribution in [0.1, 0.15) is 25.0 Å². The van der Waals surface area contributed by atoms with E-state index in [1.54, 1.807) is 0 Å². The average molecular weight is 233 g/mol. The molecule has 0 amide bonds. The third-order valence-electron chi connectivity index (χ3n) is 1.79. The summed E-state index contributed by atoms with van der Waals surface area (Å²) in [7, 11) is 0. The lowest BCUT2D eigenvalue weighted by Crippen LogP contribution is -2.07. The van der Waals surface area contributed by atoms with Crippen molar-refractivity contribution in [3.8, 4) is 5.75 Å². The van der Waals surface area contributed by atoms with Crippen LogP contribution in [0.25, 0.3) is 0 Å². The van der Waals surface area contributed by atoms with Crippen molar-refractivity contribution in [2.45, 2.75) is 31.7 Å². The molecule has 0 aliphatic heterocycles. The van der Waals surface area contributed by atoms with Gasteiger partial charge in [0.25, 0.3) is 0 Å². The van der Waals surface area contributed by atoms with Crippen molar-refractivity contribution >= 4 is 23.2 Å². The molecule has 0 aromatic heterocycles. The van der Waals surface area contributed by atoms with Crippen molar-refractivity contribution in [1.82, 2.24) is 0 Å². The van der Waals surface area contributed by atoms with Gasteiger partial charge in [-0.1, -0.05) is 12.1 Å². The fourth-order valence-electron chi connectivity index (χ4n) is 1.16. The Morgan fingerprint density at radius 3 is 2.43 bits per heavy atom. The van der Waals surface area contributed by atoms with Crippen LogP contribution in [0, 0.1) is 0 Å². The van der Waals surface area contributed by atoms with Gasteiger partial charge in [0.05, 0.1) is 12.0 Å². The lowest BCUT2D eigenvalue weighted by atomic mass is 10.1. The van der Waals surface area contributed by atoms with Crippen LogP contribution in [-0.4, -0.2) is 6.10 Å². The van der Waals surface area contributed by atoms with Crippen molar-refractivity contribution < 1.29 is 4.74 Å². The van der Waals surface area contributed by atoms with Gasteiger partial charge >= 0.3 is 0 Å². The van der Waals surface area contributed by atoms with E-state index in [0.29, 0.717) is 11.8 Å². The first-order chi connectivity index (χ1) is 6.67. The minimum atomic E-state index is 0.155. The summed E-state index contributed by atoms with van der Waals surface area (Å²) in [6.07, 6.45) is 0.155. The molecule has 0 aliphatic rings. The molecule has 78 valence electrons. The highest BCUT2D eigenvalue weighted by Gasteiger charge is 2.05. The van der Waals surface area contributed by atoms with E-state index < -0.39 is 0 Å². The second kappa shape index (κ2) is 5.47. The molecular weight excluding hydrogens is 219 g/mol. The summed E-state index contributed by atoms with van der Waals surface area (Å²) in [6.45, 7) is 3.98. The summed E-state index contributed by atoms with van der Waals surface area (Å²) in [5.41, 5.74) is 2.06. The Kier molecular flexibility index (Phi) is 4.56. The molecule has 0 N–H and O–H groups in total. The largest absolute Gasteiger partial charge is 0.491 e. The van der Waals surface area contributed by atoms with Crippen molar-refractivity contribution in [2.75, 3.05) is 0 Å². The minimum Gasteiger partial charge on any atom is -0.491 e. The average Bonchev–Trinajstić information content (AvgIpc) is 2.16. The van der Waals surface area contributed by atoms with Crippen LogP contribution in [0.15, 0.2) is 18.2 Å². The molecule has 0 saturated carbocycles. The van der Waals surface area contributed by atoms with Crippen LogP contribution >= 0.6 is 23.2 Å². The molecule has 0 radical (unpaired) electrons. The summed E-state index contributed by atoms with van der Waals surface area (Å²) in [5.74, 6) is 1.80. The number of hydrogen-bond acceptors (Lipinski definition) is 1. The molecule has 1 aromatic carbocycles. The van der Waals surface area contributed by atoms with Gasteiger partial charge in [-0.3, -0.25) is 0 Å². The molecule has 14 heavy (non-hydrogen) atoms. The highest BCUT2D eigenvalue weighted by molar-refractivity contribution is 6.17. The molecular formula is C11H14Cl2O. The first-order valence-corrected chi connectivity index (χ1v) is 5.64. The number of benzene rings is 1. The maximum absolute atomic E-state index is 5.80. The maximum atomic E-state index is 5.80. The highest BCUT2D eigenvalue weighted by atomic mass is 35.5. The maximum Gasteiger partial charge on any atom is 0.124 e. The number of halogens is 2. The molecule has 0 atom stereocenters. The van der Waals surface area contributed by atoms with Crippen molar-refractivity contribution in [2.24, 2.45) is 0 Å². The monoisotopic (exact) mass is 232 g/mol. The lowest BCUT2D eigenvalue weighted by Gasteiger charge is -2.13. The second-order valence-electron chi connectivity index (χ2n) is 3.38. The predicted molar refractivity (Wildman–Crippen MR) is 61.3 cm³/mol. The van der Waals surface area contributed by atoms with Crippen molar-refractivity contribution in [1.29, 1.82) is 0 Å². The third kappa shape index (κ3) is 3.07. The molecule has 0 heterocycles. The smallest absolute Gasteiger partial charge is 0.124 e. The Balaban J connectivity index is 2.96. The normalized spacial score (nSPS) is 10.6. The van der Waals surface area contributed by atoms with Gasteiger partial charge in [-0.05, 0) is 25.5 Å². The van der Waals surface area contributed by atoms with Crippen LogP contribution < -0.4 is 4.74 Å². The Morgan fingerprint density at radius 2 is 1.93 bits per heavy atom. The molecule has 1 nitrogen and oxygen atoms in total. The Labute approximate surface area is 95.0 Å². The lowest BCUT2D eigenvalue weighted by molar-refractivity contribution is 0.240. The van der Waals surface area contributed by atoms with Crippen LogP contribution in [0.3, 0.4) is 0 Å². The number of ether oxygens (including phenoxy) is 1. The van der Waals surface area contributed by atoms with Gasteiger partial charge in [-0.15, -0.1) is 23.2 Å². The molecule has 1 rings (SSSR count). The minimum absolute atomic E-state index is 0.155. The summed E-state index contributed by atoms with van der Waals surface area (Å²) in [5, 5.41) is 0. The Bertz CT molecular complexity index is 297. The van der Waals surface area contributed by atoms with Gasteiger partial charge in [0, 0.05) is 11.4 Å². The number of hydrogen-bond donors (Lipinski definition) is 0. The summed E-state index contributed by atoms with van der Waals surface area (Å²) < 4.78 is 5.64. The third-order valence-corrected chi connectivity index (χ3v) is 2.39. The molecule has 3 heteroatoms. The van der Waals surface area contributed by atoms with E-state index in [-0.39, 0.29) is 6.10 Å². The van der Waals surface area contributed by atoms with Crippen molar-refractivity contribution in [3.63, 3.8) is 0 Å². The van der Waals surface area contributed by atoms with Crippen molar-refractivity contribution in [3.05, 3.63) is 29.3 Å². The Hall–Kier alpha value is -0.400. The fraction of sp³-hybridized carbons (Fsp3) is 0.455. The first kappa shape index (κ1) is 11.7. The van der Waals surface area contributed by atoms with Gasteiger partial charge in [-0.2, -0.15) is 0 Å². The standard InChI is InChI=1S/C11H14Cl2O/c1-8(2)14-11-5-9(6-12)3-4-10(11)7-13/h3-5,8H,6-7H2,1-2H3. The van der Waals surface area contributed by atoms with E-state index in [2.05, 4.69) is 0 Å². The van der Waals surface area contributed by atoms with E-state index in [4.69, 9.17) is 27.9 Å². The van der Waals surface area contributed by atoms with Gasteiger partial charge in [0.15, 0.2) is 0 Å². The van der Waals surface area contributed by atoms with Crippen LogP contribution in [0.5, 0.6) is 5.75 Å². The molecule has 0 bridgehead atoms. The van der Waals surface area contributed by atoms with Gasteiger partial charge in [-0.25, -0.2) is 0 Å². The topological polar surface area (TPSA) is 9.23 Å². The van der Waals surface area contributed by atoms with Crippen LogP contribution in [0.2, 0.25) is 0 Å². The van der Waals surface area contributed by atoms with Gasteiger partial charge in [0.1, 0.15) is 5.75 Å². The van der Waals surface area contributed by atoms with Crippen LogP contribution in [0.4, 0.5) is 0 Å². The zero-order valence-electron chi connectivity index (χ0n) is 8.39.